The lowest BCUT2D eigenvalue weighted by molar-refractivity contribution is -0.137. The predicted octanol–water partition coefficient (Wildman–Crippen LogP) is 4.81. The number of nitrogens with one attached hydrogen (secondary N) is 1. The number of aromatic nitrogens is 2. The summed E-state index contributed by atoms with van der Waals surface area (Å²) in [6, 6.07) is 13.9. The van der Waals surface area contributed by atoms with Crippen LogP contribution in [0.3, 0.4) is 0 Å². The van der Waals surface area contributed by atoms with Gasteiger partial charge in [-0.05, 0) is 17.0 Å². The Balaban J connectivity index is 1.69. The van der Waals surface area contributed by atoms with Gasteiger partial charge < -0.3 is 0 Å². The van der Waals surface area contributed by atoms with E-state index in [1.165, 1.54) is 11.3 Å². The van der Waals surface area contributed by atoms with E-state index in [1.807, 2.05) is 53.2 Å². The first-order valence-electron chi connectivity index (χ1n) is 9.14. The van der Waals surface area contributed by atoms with Crippen molar-refractivity contribution in [1.82, 2.24) is 15.0 Å². The number of carbonyl (C=O) groups excluding carboxylic acids is 2. The number of carbonyl (C=O) groups is 2. The molecule has 144 valence electrons. The number of hydrogen-bond donors (Lipinski definition) is 1. The molecule has 0 spiro atoms. The van der Waals surface area contributed by atoms with E-state index in [4.69, 9.17) is 9.97 Å². The molecule has 29 heavy (non-hydrogen) atoms. The monoisotopic (exact) mass is 420 g/mol. The number of thiophene rings is 2. The summed E-state index contributed by atoms with van der Waals surface area (Å²) < 4.78 is 0. The van der Waals surface area contributed by atoms with Gasteiger partial charge >= 0.3 is 0 Å². The minimum absolute atomic E-state index is 0.201. The van der Waals surface area contributed by atoms with E-state index in [2.05, 4.69) is 5.43 Å². The summed E-state index contributed by atoms with van der Waals surface area (Å²) in [5.74, 6) is 0.220. The largest absolute Gasteiger partial charge is 0.273 e. The lowest BCUT2D eigenvalue weighted by Crippen LogP contribution is -2.36. The summed E-state index contributed by atoms with van der Waals surface area (Å²) in [4.78, 5) is 36.0. The van der Waals surface area contributed by atoms with Gasteiger partial charge in [-0.15, -0.1) is 22.7 Å². The van der Waals surface area contributed by atoms with Gasteiger partial charge in [-0.3, -0.25) is 15.0 Å². The second-order valence-electron chi connectivity index (χ2n) is 6.85. The lowest BCUT2D eigenvalue weighted by Gasteiger charge is -2.18. The van der Waals surface area contributed by atoms with Crippen LogP contribution in [0.2, 0.25) is 0 Å². The lowest BCUT2D eigenvalue weighted by atomic mass is 10.1. The van der Waals surface area contributed by atoms with E-state index in [1.54, 1.807) is 18.3 Å². The summed E-state index contributed by atoms with van der Waals surface area (Å²) in [6.07, 6.45) is 0.201. The first-order valence-corrected chi connectivity index (χ1v) is 10.9. The van der Waals surface area contributed by atoms with Crippen LogP contribution < -0.4 is 5.43 Å². The minimum atomic E-state index is -0.333. The highest BCUT2D eigenvalue weighted by Crippen LogP contribution is 2.39. The highest BCUT2D eigenvalue weighted by Gasteiger charge is 2.36. The van der Waals surface area contributed by atoms with Crippen LogP contribution in [0.4, 0.5) is 5.82 Å². The van der Waals surface area contributed by atoms with Crippen molar-refractivity contribution in [2.75, 3.05) is 5.43 Å². The maximum atomic E-state index is 12.5. The zero-order valence-corrected chi connectivity index (χ0v) is 17.1. The molecule has 2 amide bonds. The Morgan fingerprint density at radius 1 is 1.07 bits per heavy atom. The third kappa shape index (κ3) is 3.10. The maximum absolute atomic E-state index is 12.5. The van der Waals surface area contributed by atoms with Crippen molar-refractivity contribution in [3.63, 3.8) is 0 Å². The molecule has 0 bridgehead atoms. The fourth-order valence-electron chi connectivity index (χ4n) is 3.38. The van der Waals surface area contributed by atoms with Crippen LogP contribution in [0.15, 0.2) is 53.2 Å². The number of imide groups is 1. The van der Waals surface area contributed by atoms with Crippen LogP contribution in [0.5, 0.6) is 0 Å². The van der Waals surface area contributed by atoms with E-state index < -0.39 is 0 Å². The topological polar surface area (TPSA) is 75.2 Å². The molecule has 4 aromatic rings. The van der Waals surface area contributed by atoms with Crippen LogP contribution >= 0.6 is 22.7 Å². The molecule has 1 unspecified atom stereocenters. The molecule has 6 nitrogen and oxygen atoms in total. The van der Waals surface area contributed by atoms with E-state index in [0.717, 1.165) is 31.2 Å². The molecule has 1 fully saturated rings. The fourth-order valence-corrected chi connectivity index (χ4v) is 4.98. The molecule has 0 aliphatic carbocycles. The van der Waals surface area contributed by atoms with Gasteiger partial charge in [0.05, 0.1) is 10.3 Å². The normalized spacial score (nSPS) is 16.7. The molecule has 4 heterocycles. The summed E-state index contributed by atoms with van der Waals surface area (Å²) >= 11 is 3.06. The molecule has 0 radical (unpaired) electrons. The number of fused-ring (bicyclic) bond motifs is 1. The molecule has 3 aromatic heterocycles. The van der Waals surface area contributed by atoms with E-state index in [9.17, 15) is 9.59 Å². The van der Waals surface area contributed by atoms with E-state index >= 15 is 0 Å². The number of amides is 2. The van der Waals surface area contributed by atoms with Gasteiger partial charge in [-0.1, -0.05) is 43.3 Å². The Kier molecular flexibility index (Phi) is 4.37. The molecule has 1 aromatic carbocycles. The summed E-state index contributed by atoms with van der Waals surface area (Å²) in [6.45, 7) is 1.76. The highest BCUT2D eigenvalue weighted by atomic mass is 32.1. The standard InChI is InChI=1S/C21H16N4O2S2/c1-12-10-16(26)25(21(12)27)24-19-17-14(13-6-3-2-4-7-13)11-29-20(17)23-18(22-19)15-8-5-9-28-15/h2-9,11-12H,10H2,1H3,(H,22,23,24). The summed E-state index contributed by atoms with van der Waals surface area (Å²) in [5.41, 5.74) is 5.01. The van der Waals surface area contributed by atoms with Gasteiger partial charge in [0.1, 0.15) is 4.83 Å². The van der Waals surface area contributed by atoms with Gasteiger partial charge in [0.2, 0.25) is 5.91 Å². The smallest absolute Gasteiger partial charge is 0.251 e. The maximum Gasteiger partial charge on any atom is 0.251 e. The fraction of sp³-hybridized carbons (Fsp3) is 0.143. The van der Waals surface area contributed by atoms with E-state index in [0.29, 0.717) is 11.6 Å². The Labute approximate surface area is 174 Å². The predicted molar refractivity (Wildman–Crippen MR) is 115 cm³/mol. The third-order valence-electron chi connectivity index (χ3n) is 4.85. The van der Waals surface area contributed by atoms with Crippen molar-refractivity contribution in [1.29, 1.82) is 0 Å². The Bertz CT molecular complexity index is 1220. The van der Waals surface area contributed by atoms with Gasteiger partial charge in [0.25, 0.3) is 5.91 Å². The molecule has 1 atom stereocenters. The first kappa shape index (κ1) is 18.0. The van der Waals surface area contributed by atoms with Crippen LogP contribution in [-0.2, 0) is 9.59 Å². The molecule has 0 saturated carbocycles. The number of hydrogen-bond acceptors (Lipinski definition) is 7. The van der Waals surface area contributed by atoms with Crippen molar-refractivity contribution >= 4 is 50.5 Å². The SMILES string of the molecule is CC1CC(=O)N(Nc2nc(-c3cccs3)nc3scc(-c4ccccc4)c23)C1=O. The van der Waals surface area contributed by atoms with Crippen molar-refractivity contribution in [2.45, 2.75) is 13.3 Å². The average Bonchev–Trinajstić information content (AvgIpc) is 3.45. The minimum Gasteiger partial charge on any atom is -0.273 e. The van der Waals surface area contributed by atoms with Gasteiger partial charge in [0.15, 0.2) is 11.6 Å². The number of nitrogens with zero attached hydrogens (tertiary/aromatic N) is 3. The average molecular weight is 421 g/mol. The Morgan fingerprint density at radius 3 is 2.59 bits per heavy atom. The third-order valence-corrected chi connectivity index (χ3v) is 6.59. The van der Waals surface area contributed by atoms with Crippen molar-refractivity contribution < 1.29 is 9.59 Å². The molecule has 5 rings (SSSR count). The second-order valence-corrected chi connectivity index (χ2v) is 8.66. The molecule has 1 saturated heterocycles. The van der Waals surface area contributed by atoms with Gasteiger partial charge in [0, 0.05) is 23.3 Å². The molecular formula is C21H16N4O2S2. The summed E-state index contributed by atoms with van der Waals surface area (Å²) in [7, 11) is 0. The van der Waals surface area contributed by atoms with Crippen molar-refractivity contribution in [3.05, 3.63) is 53.2 Å². The molecular weight excluding hydrogens is 404 g/mol. The number of benzene rings is 1. The van der Waals surface area contributed by atoms with Crippen LogP contribution in [0.1, 0.15) is 13.3 Å². The zero-order valence-electron chi connectivity index (χ0n) is 15.5. The zero-order chi connectivity index (χ0) is 20.0. The van der Waals surface area contributed by atoms with E-state index in [-0.39, 0.29) is 24.2 Å². The van der Waals surface area contributed by atoms with Crippen molar-refractivity contribution in [2.24, 2.45) is 5.92 Å². The molecule has 8 heteroatoms. The number of anilines is 1. The van der Waals surface area contributed by atoms with Gasteiger partial charge in [-0.2, -0.15) is 5.01 Å². The Hall–Kier alpha value is -3.10. The quantitative estimate of drug-likeness (QED) is 0.480. The van der Waals surface area contributed by atoms with Crippen LogP contribution in [0, 0.1) is 5.92 Å². The molecule has 1 aliphatic rings. The van der Waals surface area contributed by atoms with Crippen LogP contribution in [-0.4, -0.2) is 26.8 Å². The second kappa shape index (κ2) is 7.06. The van der Waals surface area contributed by atoms with Gasteiger partial charge in [-0.25, -0.2) is 9.97 Å². The molecule has 1 aliphatic heterocycles. The number of rotatable bonds is 4. The first-order chi connectivity index (χ1) is 14.1. The summed E-state index contributed by atoms with van der Waals surface area (Å²) in [5, 5.41) is 5.90. The Morgan fingerprint density at radius 2 is 1.90 bits per heavy atom. The molecule has 1 N–H and O–H groups in total. The highest BCUT2D eigenvalue weighted by molar-refractivity contribution is 7.17. The van der Waals surface area contributed by atoms with Crippen molar-refractivity contribution in [3.8, 4) is 21.8 Å². The van der Waals surface area contributed by atoms with Crippen LogP contribution in [0.25, 0.3) is 32.0 Å². The number of hydrazine groups is 1.